The Morgan fingerprint density at radius 3 is 2.62 bits per heavy atom. The summed E-state index contributed by atoms with van der Waals surface area (Å²) < 4.78 is 32.5. The van der Waals surface area contributed by atoms with Gasteiger partial charge in [-0.25, -0.2) is 13.8 Å². The van der Waals surface area contributed by atoms with Crippen molar-refractivity contribution in [2.45, 2.75) is 32.6 Å². The summed E-state index contributed by atoms with van der Waals surface area (Å²) in [6, 6.07) is 6.53. The number of carbonyl (C=O) groups excluding carboxylic acids is 1. The molecule has 1 aliphatic rings. The van der Waals surface area contributed by atoms with Gasteiger partial charge < -0.3 is 15.0 Å². The maximum absolute atomic E-state index is 13.6. The molecule has 5 nitrogen and oxygen atoms in total. The van der Waals surface area contributed by atoms with E-state index in [1.165, 1.54) is 0 Å². The summed E-state index contributed by atoms with van der Waals surface area (Å²) in [4.78, 5) is 18.6. The minimum atomic E-state index is -0.757. The van der Waals surface area contributed by atoms with Gasteiger partial charge in [-0.3, -0.25) is 4.79 Å². The molecular weight excluding hydrogens is 340 g/mol. The van der Waals surface area contributed by atoms with Crippen molar-refractivity contribution in [1.82, 2.24) is 10.3 Å². The summed E-state index contributed by atoms with van der Waals surface area (Å²) in [6.07, 6.45) is 1.95. The molecule has 7 heteroatoms. The maximum atomic E-state index is 13.6. The third kappa shape index (κ3) is 4.35. The highest BCUT2D eigenvalue weighted by Crippen LogP contribution is 2.18. The number of pyridine rings is 1. The van der Waals surface area contributed by atoms with E-state index in [0.717, 1.165) is 42.7 Å². The number of amides is 1. The van der Waals surface area contributed by atoms with Crippen LogP contribution in [-0.4, -0.2) is 36.2 Å². The first-order valence-electron chi connectivity index (χ1n) is 8.51. The zero-order valence-electron chi connectivity index (χ0n) is 14.7. The SMILES string of the molecule is CC1CN(c2ccc(CNC(=O)c3cc(F)ccc3F)cn2)CC(C)O1. The molecule has 1 aromatic carbocycles. The number of ether oxygens (including phenoxy) is 1. The first kappa shape index (κ1) is 18.3. The zero-order chi connectivity index (χ0) is 18.7. The van der Waals surface area contributed by atoms with E-state index in [2.05, 4.69) is 15.2 Å². The van der Waals surface area contributed by atoms with Crippen LogP contribution >= 0.6 is 0 Å². The van der Waals surface area contributed by atoms with Gasteiger partial charge in [0.05, 0.1) is 17.8 Å². The second kappa shape index (κ2) is 7.78. The number of nitrogens with zero attached hydrogens (tertiary/aromatic N) is 2. The van der Waals surface area contributed by atoms with Gasteiger partial charge in [0, 0.05) is 25.8 Å². The van der Waals surface area contributed by atoms with Crippen molar-refractivity contribution in [3.63, 3.8) is 0 Å². The molecule has 3 rings (SSSR count). The molecule has 26 heavy (non-hydrogen) atoms. The van der Waals surface area contributed by atoms with Crippen LogP contribution in [0.15, 0.2) is 36.5 Å². The molecule has 2 aromatic rings. The van der Waals surface area contributed by atoms with Crippen molar-refractivity contribution in [1.29, 1.82) is 0 Å². The third-order valence-corrected chi connectivity index (χ3v) is 4.18. The Labute approximate surface area is 151 Å². The lowest BCUT2D eigenvalue weighted by molar-refractivity contribution is -0.00546. The van der Waals surface area contributed by atoms with Gasteiger partial charge in [-0.2, -0.15) is 0 Å². The molecule has 0 spiro atoms. The fourth-order valence-corrected chi connectivity index (χ4v) is 3.02. The monoisotopic (exact) mass is 361 g/mol. The highest BCUT2D eigenvalue weighted by atomic mass is 19.1. The molecule has 0 aliphatic carbocycles. The maximum Gasteiger partial charge on any atom is 0.254 e. The predicted octanol–water partition coefficient (Wildman–Crippen LogP) is 2.90. The number of benzene rings is 1. The average molecular weight is 361 g/mol. The number of aromatic nitrogens is 1. The zero-order valence-corrected chi connectivity index (χ0v) is 14.7. The number of hydrogen-bond acceptors (Lipinski definition) is 4. The average Bonchev–Trinajstić information content (AvgIpc) is 2.61. The highest BCUT2D eigenvalue weighted by molar-refractivity contribution is 5.94. The van der Waals surface area contributed by atoms with Crippen LogP contribution in [0.1, 0.15) is 29.8 Å². The minimum absolute atomic E-state index is 0.140. The number of rotatable bonds is 4. The van der Waals surface area contributed by atoms with Crippen LogP contribution in [0.2, 0.25) is 0 Å². The van der Waals surface area contributed by atoms with E-state index in [4.69, 9.17) is 4.74 Å². The standard InChI is InChI=1S/C19H21F2N3O2/c1-12-10-24(11-13(2)26-12)18-6-3-14(8-22-18)9-23-19(25)16-7-15(20)4-5-17(16)21/h3-8,12-13H,9-11H2,1-2H3,(H,23,25). The highest BCUT2D eigenvalue weighted by Gasteiger charge is 2.23. The molecule has 0 bridgehead atoms. The van der Waals surface area contributed by atoms with Crippen molar-refractivity contribution in [2.75, 3.05) is 18.0 Å². The molecule has 138 valence electrons. The molecule has 1 fully saturated rings. The van der Waals surface area contributed by atoms with Gasteiger partial charge in [0.25, 0.3) is 5.91 Å². The predicted molar refractivity (Wildman–Crippen MR) is 94.0 cm³/mol. The van der Waals surface area contributed by atoms with Crippen molar-refractivity contribution >= 4 is 11.7 Å². The van der Waals surface area contributed by atoms with E-state index in [9.17, 15) is 13.6 Å². The van der Waals surface area contributed by atoms with Crippen LogP contribution in [0.5, 0.6) is 0 Å². The quantitative estimate of drug-likeness (QED) is 0.910. The van der Waals surface area contributed by atoms with Gasteiger partial charge in [0.1, 0.15) is 17.5 Å². The number of morpholine rings is 1. The van der Waals surface area contributed by atoms with E-state index in [0.29, 0.717) is 0 Å². The second-order valence-corrected chi connectivity index (χ2v) is 6.49. The van der Waals surface area contributed by atoms with E-state index in [1.54, 1.807) is 6.20 Å². The first-order chi connectivity index (χ1) is 12.4. The van der Waals surface area contributed by atoms with Crippen molar-refractivity contribution in [3.05, 3.63) is 59.3 Å². The molecule has 1 saturated heterocycles. The fraction of sp³-hybridized carbons (Fsp3) is 0.368. The van der Waals surface area contributed by atoms with E-state index >= 15 is 0 Å². The summed E-state index contributed by atoms with van der Waals surface area (Å²) in [7, 11) is 0. The Kier molecular flexibility index (Phi) is 5.46. The van der Waals surface area contributed by atoms with Crippen molar-refractivity contribution in [3.8, 4) is 0 Å². The summed E-state index contributed by atoms with van der Waals surface area (Å²) in [5, 5.41) is 2.58. The number of nitrogens with one attached hydrogen (secondary N) is 1. The van der Waals surface area contributed by atoms with Crippen LogP contribution in [0, 0.1) is 11.6 Å². The van der Waals surface area contributed by atoms with E-state index in [-0.39, 0.29) is 24.3 Å². The number of hydrogen-bond donors (Lipinski definition) is 1. The normalized spacial score (nSPS) is 20.1. The second-order valence-electron chi connectivity index (χ2n) is 6.49. The van der Waals surface area contributed by atoms with Gasteiger partial charge in [0.2, 0.25) is 0 Å². The molecule has 1 aromatic heterocycles. The van der Waals surface area contributed by atoms with Gasteiger partial charge in [-0.15, -0.1) is 0 Å². The Hall–Kier alpha value is -2.54. The first-order valence-corrected chi connectivity index (χ1v) is 8.51. The Balaban J connectivity index is 1.61. The van der Waals surface area contributed by atoms with Gasteiger partial charge in [0.15, 0.2) is 0 Å². The Bertz CT molecular complexity index is 773. The molecule has 2 heterocycles. The molecule has 1 N–H and O–H groups in total. The Morgan fingerprint density at radius 2 is 1.96 bits per heavy atom. The number of carbonyl (C=O) groups is 1. The van der Waals surface area contributed by atoms with Crippen molar-refractivity contribution in [2.24, 2.45) is 0 Å². The van der Waals surface area contributed by atoms with Crippen LogP contribution < -0.4 is 10.2 Å². The van der Waals surface area contributed by atoms with E-state index in [1.807, 2.05) is 26.0 Å². The topological polar surface area (TPSA) is 54.5 Å². The van der Waals surface area contributed by atoms with Gasteiger partial charge in [-0.1, -0.05) is 6.07 Å². The van der Waals surface area contributed by atoms with Crippen LogP contribution in [-0.2, 0) is 11.3 Å². The molecule has 2 atom stereocenters. The molecule has 1 aliphatic heterocycles. The van der Waals surface area contributed by atoms with Crippen LogP contribution in [0.3, 0.4) is 0 Å². The summed E-state index contributed by atoms with van der Waals surface area (Å²) >= 11 is 0. The number of halogens is 2. The van der Waals surface area contributed by atoms with Crippen LogP contribution in [0.4, 0.5) is 14.6 Å². The van der Waals surface area contributed by atoms with Gasteiger partial charge in [-0.05, 0) is 43.7 Å². The fourth-order valence-electron chi connectivity index (χ4n) is 3.02. The Morgan fingerprint density at radius 1 is 1.23 bits per heavy atom. The molecule has 1 amide bonds. The summed E-state index contributed by atoms with van der Waals surface area (Å²) in [5.74, 6) is -1.23. The third-order valence-electron chi connectivity index (χ3n) is 4.18. The number of anilines is 1. The molecular formula is C19H21F2N3O2. The molecule has 0 saturated carbocycles. The lowest BCUT2D eigenvalue weighted by Gasteiger charge is -2.36. The lowest BCUT2D eigenvalue weighted by atomic mass is 10.2. The van der Waals surface area contributed by atoms with Crippen molar-refractivity contribution < 1.29 is 18.3 Å². The lowest BCUT2D eigenvalue weighted by Crippen LogP contribution is -2.45. The summed E-state index contributed by atoms with van der Waals surface area (Å²) in [5.41, 5.74) is 0.458. The smallest absolute Gasteiger partial charge is 0.254 e. The molecule has 2 unspecified atom stereocenters. The van der Waals surface area contributed by atoms with Gasteiger partial charge >= 0.3 is 0 Å². The van der Waals surface area contributed by atoms with Crippen LogP contribution in [0.25, 0.3) is 0 Å². The molecule has 0 radical (unpaired) electrons. The summed E-state index contributed by atoms with van der Waals surface area (Å²) in [6.45, 7) is 5.77. The van der Waals surface area contributed by atoms with E-state index < -0.39 is 17.5 Å². The minimum Gasteiger partial charge on any atom is -0.372 e. The largest absolute Gasteiger partial charge is 0.372 e.